The SMILES string of the molecule is CCCC(=O)N[C@H](CCS)C(=O)O. The van der Waals surface area contributed by atoms with E-state index in [0.29, 0.717) is 18.6 Å². The lowest BCUT2D eigenvalue weighted by atomic mass is 10.2. The Hall–Kier alpha value is -0.710. The van der Waals surface area contributed by atoms with Crippen molar-refractivity contribution in [3.05, 3.63) is 0 Å². The second-order valence-electron chi connectivity index (χ2n) is 2.72. The molecule has 0 aliphatic carbocycles. The molecule has 2 N–H and O–H groups in total. The van der Waals surface area contributed by atoms with Crippen LogP contribution in [-0.4, -0.2) is 28.8 Å². The third-order valence-corrected chi connectivity index (χ3v) is 1.79. The third-order valence-electron chi connectivity index (χ3n) is 1.53. The highest BCUT2D eigenvalue weighted by Gasteiger charge is 2.17. The van der Waals surface area contributed by atoms with Crippen molar-refractivity contribution >= 4 is 24.5 Å². The number of rotatable bonds is 6. The average Bonchev–Trinajstić information content (AvgIpc) is 2.04. The van der Waals surface area contributed by atoms with Gasteiger partial charge in [-0.3, -0.25) is 4.79 Å². The summed E-state index contributed by atoms with van der Waals surface area (Å²) in [7, 11) is 0. The van der Waals surface area contributed by atoms with Crippen LogP contribution in [0.15, 0.2) is 0 Å². The Bertz CT molecular complexity index is 184. The van der Waals surface area contributed by atoms with Gasteiger partial charge in [0.1, 0.15) is 6.04 Å². The number of aliphatic carboxylic acids is 1. The molecule has 0 aromatic carbocycles. The molecule has 0 rings (SSSR count). The predicted molar refractivity (Wildman–Crippen MR) is 52.9 cm³/mol. The minimum atomic E-state index is -1.00. The summed E-state index contributed by atoms with van der Waals surface area (Å²) >= 11 is 3.91. The highest BCUT2D eigenvalue weighted by molar-refractivity contribution is 7.80. The van der Waals surface area contributed by atoms with E-state index in [9.17, 15) is 9.59 Å². The van der Waals surface area contributed by atoms with E-state index in [4.69, 9.17) is 5.11 Å². The van der Waals surface area contributed by atoms with Crippen molar-refractivity contribution < 1.29 is 14.7 Å². The standard InChI is InChI=1S/C8H15NO3S/c1-2-3-7(10)9-6(4-5-13)8(11)12/h6,13H,2-5H2,1H3,(H,9,10)(H,11,12)/t6-/m1/s1. The maximum atomic E-state index is 11.0. The number of carboxylic acid groups (broad SMARTS) is 1. The van der Waals surface area contributed by atoms with E-state index in [-0.39, 0.29) is 5.91 Å². The molecule has 4 nitrogen and oxygen atoms in total. The molecule has 1 amide bonds. The smallest absolute Gasteiger partial charge is 0.326 e. The molecule has 0 radical (unpaired) electrons. The van der Waals surface area contributed by atoms with E-state index in [1.54, 1.807) is 0 Å². The van der Waals surface area contributed by atoms with E-state index in [1.807, 2.05) is 6.92 Å². The first-order chi connectivity index (χ1) is 6.11. The number of thiol groups is 1. The molecule has 0 spiro atoms. The fraction of sp³-hybridized carbons (Fsp3) is 0.750. The quantitative estimate of drug-likeness (QED) is 0.558. The van der Waals surface area contributed by atoms with Gasteiger partial charge in [-0.05, 0) is 18.6 Å². The number of carbonyl (C=O) groups excluding carboxylic acids is 1. The molecule has 0 heterocycles. The van der Waals surface area contributed by atoms with Crippen molar-refractivity contribution in [3.63, 3.8) is 0 Å². The Morgan fingerprint density at radius 2 is 2.15 bits per heavy atom. The van der Waals surface area contributed by atoms with Crippen LogP contribution in [0.25, 0.3) is 0 Å². The zero-order chi connectivity index (χ0) is 10.3. The van der Waals surface area contributed by atoms with Gasteiger partial charge < -0.3 is 10.4 Å². The summed E-state index contributed by atoms with van der Waals surface area (Å²) in [5, 5.41) is 11.1. The fourth-order valence-corrected chi connectivity index (χ4v) is 1.14. The molecule has 1 atom stereocenters. The monoisotopic (exact) mass is 205 g/mol. The fourth-order valence-electron chi connectivity index (χ4n) is 0.880. The van der Waals surface area contributed by atoms with E-state index in [0.717, 1.165) is 6.42 Å². The molecule has 0 saturated carbocycles. The maximum absolute atomic E-state index is 11.0. The van der Waals surface area contributed by atoms with Gasteiger partial charge in [-0.25, -0.2) is 4.79 Å². The van der Waals surface area contributed by atoms with Gasteiger partial charge in [-0.1, -0.05) is 6.92 Å². The number of hydrogen-bond acceptors (Lipinski definition) is 3. The Kier molecular flexibility index (Phi) is 6.40. The molecule has 0 aromatic rings. The van der Waals surface area contributed by atoms with Crippen molar-refractivity contribution in [2.45, 2.75) is 32.2 Å². The second kappa shape index (κ2) is 6.77. The van der Waals surface area contributed by atoms with Gasteiger partial charge in [-0.2, -0.15) is 12.6 Å². The summed E-state index contributed by atoms with van der Waals surface area (Å²) in [6.07, 6.45) is 1.45. The molecule has 0 aromatic heterocycles. The summed E-state index contributed by atoms with van der Waals surface area (Å²) in [4.78, 5) is 21.6. The Morgan fingerprint density at radius 1 is 1.54 bits per heavy atom. The molecule has 0 aliphatic heterocycles. The van der Waals surface area contributed by atoms with Crippen molar-refractivity contribution in [1.29, 1.82) is 0 Å². The second-order valence-corrected chi connectivity index (χ2v) is 3.17. The number of carboxylic acids is 1. The number of amides is 1. The summed E-state index contributed by atoms with van der Waals surface area (Å²) in [6.45, 7) is 1.87. The number of carbonyl (C=O) groups is 2. The lowest BCUT2D eigenvalue weighted by molar-refractivity contribution is -0.141. The summed E-state index contributed by atoms with van der Waals surface area (Å²) < 4.78 is 0. The van der Waals surface area contributed by atoms with Gasteiger partial charge in [0.15, 0.2) is 0 Å². The van der Waals surface area contributed by atoms with Crippen LogP contribution in [-0.2, 0) is 9.59 Å². The summed E-state index contributed by atoms with van der Waals surface area (Å²) in [5.74, 6) is -0.765. The van der Waals surface area contributed by atoms with Crippen LogP contribution in [0.1, 0.15) is 26.2 Å². The predicted octanol–water partition coefficient (Wildman–Crippen LogP) is 0.676. The van der Waals surface area contributed by atoms with Crippen LogP contribution in [0.2, 0.25) is 0 Å². The van der Waals surface area contributed by atoms with Gasteiger partial charge in [0.05, 0.1) is 0 Å². The maximum Gasteiger partial charge on any atom is 0.326 e. The molecule has 0 fully saturated rings. The lowest BCUT2D eigenvalue weighted by Crippen LogP contribution is -2.40. The highest BCUT2D eigenvalue weighted by atomic mass is 32.1. The minimum Gasteiger partial charge on any atom is -0.480 e. The van der Waals surface area contributed by atoms with Crippen LogP contribution in [0.4, 0.5) is 0 Å². The summed E-state index contributed by atoms with van der Waals surface area (Å²) in [6, 6.07) is -0.795. The summed E-state index contributed by atoms with van der Waals surface area (Å²) in [5.41, 5.74) is 0. The van der Waals surface area contributed by atoms with Crippen molar-refractivity contribution in [2.75, 3.05) is 5.75 Å². The number of nitrogens with one attached hydrogen (secondary N) is 1. The molecule has 13 heavy (non-hydrogen) atoms. The van der Waals surface area contributed by atoms with E-state index in [1.165, 1.54) is 0 Å². The molecule has 0 aliphatic rings. The molecule has 76 valence electrons. The molecule has 0 bridgehead atoms. The van der Waals surface area contributed by atoms with Crippen molar-refractivity contribution in [1.82, 2.24) is 5.32 Å². The van der Waals surface area contributed by atoms with Crippen molar-refractivity contribution in [2.24, 2.45) is 0 Å². The molecule has 0 saturated heterocycles. The minimum absolute atomic E-state index is 0.211. The highest BCUT2D eigenvalue weighted by Crippen LogP contribution is 1.96. The van der Waals surface area contributed by atoms with Crippen LogP contribution in [0.3, 0.4) is 0 Å². The van der Waals surface area contributed by atoms with Gasteiger partial charge in [-0.15, -0.1) is 0 Å². The van der Waals surface area contributed by atoms with Gasteiger partial charge in [0, 0.05) is 6.42 Å². The Morgan fingerprint density at radius 3 is 2.54 bits per heavy atom. The average molecular weight is 205 g/mol. The van der Waals surface area contributed by atoms with Gasteiger partial charge >= 0.3 is 5.97 Å². The van der Waals surface area contributed by atoms with Crippen LogP contribution >= 0.6 is 12.6 Å². The van der Waals surface area contributed by atoms with E-state index >= 15 is 0 Å². The first-order valence-corrected chi connectivity index (χ1v) is 4.88. The molecule has 5 heteroatoms. The topological polar surface area (TPSA) is 66.4 Å². The third kappa shape index (κ3) is 5.52. The first kappa shape index (κ1) is 12.3. The number of hydrogen-bond donors (Lipinski definition) is 3. The van der Waals surface area contributed by atoms with Crippen LogP contribution in [0.5, 0.6) is 0 Å². The zero-order valence-corrected chi connectivity index (χ0v) is 8.51. The van der Waals surface area contributed by atoms with Crippen LogP contribution in [0, 0.1) is 0 Å². The lowest BCUT2D eigenvalue weighted by Gasteiger charge is -2.12. The van der Waals surface area contributed by atoms with Gasteiger partial charge in [0.2, 0.25) is 5.91 Å². The van der Waals surface area contributed by atoms with Crippen LogP contribution < -0.4 is 5.32 Å². The van der Waals surface area contributed by atoms with E-state index < -0.39 is 12.0 Å². The molecular formula is C8H15NO3S. The Balaban J connectivity index is 3.94. The normalized spacial score (nSPS) is 12.2. The zero-order valence-electron chi connectivity index (χ0n) is 7.62. The van der Waals surface area contributed by atoms with Crippen molar-refractivity contribution in [3.8, 4) is 0 Å². The van der Waals surface area contributed by atoms with Gasteiger partial charge in [0.25, 0.3) is 0 Å². The Labute approximate surface area is 83.1 Å². The molecular weight excluding hydrogens is 190 g/mol. The largest absolute Gasteiger partial charge is 0.480 e. The first-order valence-electron chi connectivity index (χ1n) is 4.24. The molecule has 0 unspecified atom stereocenters. The van der Waals surface area contributed by atoms with E-state index in [2.05, 4.69) is 17.9 Å².